The van der Waals surface area contributed by atoms with Crippen LogP contribution in [0.4, 0.5) is 0 Å². The minimum atomic E-state index is 0.560. The van der Waals surface area contributed by atoms with E-state index < -0.39 is 0 Å². The normalized spacial score (nSPS) is 26.5. The molecular weight excluding hydrogens is 258 g/mol. The first-order valence-corrected chi connectivity index (χ1v) is 8.82. The zero-order chi connectivity index (χ0) is 14.3. The Bertz CT molecular complexity index is 393. The van der Waals surface area contributed by atoms with Crippen LogP contribution in [0.1, 0.15) is 62.8 Å². The molecule has 0 radical (unpaired) electrons. The quantitative estimate of drug-likeness (QED) is 0.757. The van der Waals surface area contributed by atoms with Gasteiger partial charge in [-0.1, -0.05) is 49.6 Å². The Hall–Kier alpha value is -0.860. The number of nitrogens with one attached hydrogen (secondary N) is 1. The van der Waals surface area contributed by atoms with Crippen molar-refractivity contribution >= 4 is 0 Å². The van der Waals surface area contributed by atoms with E-state index in [2.05, 4.69) is 35.6 Å². The summed E-state index contributed by atoms with van der Waals surface area (Å²) in [5.41, 5.74) is 1.51. The van der Waals surface area contributed by atoms with E-state index in [1.165, 1.54) is 50.5 Å². The molecule has 2 fully saturated rings. The van der Waals surface area contributed by atoms with Gasteiger partial charge in [0.25, 0.3) is 0 Å². The molecule has 0 atom stereocenters. The molecule has 0 aliphatic heterocycles. The zero-order valence-corrected chi connectivity index (χ0v) is 13.1. The van der Waals surface area contributed by atoms with Crippen molar-refractivity contribution in [2.24, 2.45) is 0 Å². The highest BCUT2D eigenvalue weighted by molar-refractivity contribution is 5.22. The van der Waals surface area contributed by atoms with Crippen molar-refractivity contribution in [1.82, 2.24) is 5.32 Å². The fraction of sp³-hybridized carbons (Fsp3) is 0.684. The van der Waals surface area contributed by atoms with Crippen molar-refractivity contribution in [1.29, 1.82) is 0 Å². The van der Waals surface area contributed by atoms with Gasteiger partial charge >= 0.3 is 0 Å². The second-order valence-corrected chi connectivity index (χ2v) is 6.71. The maximum atomic E-state index is 5.97. The molecule has 0 bridgehead atoms. The minimum absolute atomic E-state index is 0.560. The summed E-state index contributed by atoms with van der Waals surface area (Å²) in [6.07, 6.45) is 11.0. The van der Waals surface area contributed by atoms with Crippen molar-refractivity contribution in [2.45, 2.75) is 69.4 Å². The molecular formula is C19H29NO. The molecule has 2 saturated carbocycles. The molecule has 0 heterocycles. The summed E-state index contributed by atoms with van der Waals surface area (Å²) in [6.45, 7) is 2.05. The molecule has 21 heavy (non-hydrogen) atoms. The number of benzene rings is 1. The van der Waals surface area contributed by atoms with E-state index in [1.807, 2.05) is 0 Å². The molecule has 1 aromatic carbocycles. The highest BCUT2D eigenvalue weighted by Gasteiger charge is 2.29. The Morgan fingerprint density at radius 2 is 1.76 bits per heavy atom. The van der Waals surface area contributed by atoms with E-state index in [0.717, 1.165) is 31.5 Å². The molecule has 2 aliphatic carbocycles. The minimum Gasteiger partial charge on any atom is -0.378 e. The smallest absolute Gasteiger partial charge is 0.0575 e. The largest absolute Gasteiger partial charge is 0.378 e. The monoisotopic (exact) mass is 287 g/mol. The van der Waals surface area contributed by atoms with E-state index >= 15 is 0 Å². The molecule has 1 N–H and O–H groups in total. The third kappa shape index (κ3) is 4.55. The number of hydrogen-bond acceptors (Lipinski definition) is 2. The molecule has 0 unspecified atom stereocenters. The van der Waals surface area contributed by atoms with Crippen LogP contribution in [0.15, 0.2) is 30.3 Å². The van der Waals surface area contributed by atoms with Crippen LogP contribution < -0.4 is 5.32 Å². The van der Waals surface area contributed by atoms with Gasteiger partial charge in [0.1, 0.15) is 0 Å². The van der Waals surface area contributed by atoms with Crippen LogP contribution in [-0.2, 0) is 4.74 Å². The molecule has 116 valence electrons. The van der Waals surface area contributed by atoms with Gasteiger partial charge in [-0.05, 0) is 50.1 Å². The maximum absolute atomic E-state index is 5.97. The van der Waals surface area contributed by atoms with Crippen LogP contribution >= 0.6 is 0 Å². The summed E-state index contributed by atoms with van der Waals surface area (Å²) in [6, 6.07) is 11.7. The van der Waals surface area contributed by atoms with E-state index in [0.29, 0.717) is 6.10 Å². The van der Waals surface area contributed by atoms with Crippen LogP contribution in [0.25, 0.3) is 0 Å². The fourth-order valence-corrected chi connectivity index (χ4v) is 3.64. The fourth-order valence-electron chi connectivity index (χ4n) is 3.64. The van der Waals surface area contributed by atoms with Gasteiger partial charge in [0.2, 0.25) is 0 Å². The molecule has 0 spiro atoms. The molecule has 1 aromatic rings. The Kier molecular flexibility index (Phi) is 5.70. The van der Waals surface area contributed by atoms with Crippen molar-refractivity contribution in [3.63, 3.8) is 0 Å². The molecule has 2 nitrogen and oxygen atoms in total. The van der Waals surface area contributed by atoms with Crippen molar-refractivity contribution in [3.05, 3.63) is 35.9 Å². The second kappa shape index (κ2) is 7.95. The van der Waals surface area contributed by atoms with Crippen molar-refractivity contribution < 1.29 is 4.74 Å². The van der Waals surface area contributed by atoms with Gasteiger partial charge < -0.3 is 10.1 Å². The zero-order valence-electron chi connectivity index (χ0n) is 13.1. The van der Waals surface area contributed by atoms with Crippen LogP contribution in [0.5, 0.6) is 0 Å². The highest BCUT2D eigenvalue weighted by Crippen LogP contribution is 2.36. The van der Waals surface area contributed by atoms with Crippen LogP contribution in [0.2, 0.25) is 0 Å². The van der Waals surface area contributed by atoms with Gasteiger partial charge in [0.05, 0.1) is 6.10 Å². The van der Waals surface area contributed by atoms with Crippen molar-refractivity contribution in [2.75, 3.05) is 13.2 Å². The Balaban J connectivity index is 1.22. The first-order chi connectivity index (χ1) is 10.4. The third-order valence-corrected chi connectivity index (χ3v) is 5.07. The van der Waals surface area contributed by atoms with Crippen molar-refractivity contribution in [3.8, 4) is 0 Å². The predicted molar refractivity (Wildman–Crippen MR) is 87.6 cm³/mol. The van der Waals surface area contributed by atoms with Crippen LogP contribution in [-0.4, -0.2) is 25.3 Å². The summed E-state index contributed by atoms with van der Waals surface area (Å²) in [5, 5.41) is 3.68. The van der Waals surface area contributed by atoms with Gasteiger partial charge in [-0.2, -0.15) is 0 Å². The molecule has 2 aliphatic rings. The summed E-state index contributed by atoms with van der Waals surface area (Å²) < 4.78 is 5.97. The van der Waals surface area contributed by atoms with Crippen LogP contribution in [0.3, 0.4) is 0 Å². The number of rotatable bonds is 7. The molecule has 0 saturated heterocycles. The number of ether oxygens (including phenoxy) is 1. The van der Waals surface area contributed by atoms with Gasteiger partial charge in [-0.15, -0.1) is 0 Å². The lowest BCUT2D eigenvalue weighted by Crippen LogP contribution is -2.40. The third-order valence-electron chi connectivity index (χ3n) is 5.07. The summed E-state index contributed by atoms with van der Waals surface area (Å²) in [7, 11) is 0. The van der Waals surface area contributed by atoms with Gasteiger partial charge in [0, 0.05) is 12.6 Å². The Morgan fingerprint density at radius 3 is 2.52 bits per heavy atom. The molecule has 0 amide bonds. The predicted octanol–water partition coefficient (Wildman–Crippen LogP) is 4.26. The maximum Gasteiger partial charge on any atom is 0.0575 e. The Labute approximate surface area is 129 Å². The standard InChI is InChI=1S/C19H29NO/c1-3-8-16(9-4-1)17-14-18(15-17)20-12-7-13-21-19-10-5-2-6-11-19/h1,3-4,8-9,17-20H,2,5-7,10-15H2. The van der Waals surface area contributed by atoms with Crippen LogP contribution in [0, 0.1) is 0 Å². The van der Waals surface area contributed by atoms with Gasteiger partial charge in [-0.25, -0.2) is 0 Å². The van der Waals surface area contributed by atoms with E-state index in [1.54, 1.807) is 0 Å². The summed E-state index contributed by atoms with van der Waals surface area (Å²) in [4.78, 5) is 0. The lowest BCUT2D eigenvalue weighted by atomic mass is 9.76. The lowest BCUT2D eigenvalue weighted by molar-refractivity contribution is 0.0267. The molecule has 3 rings (SSSR count). The lowest BCUT2D eigenvalue weighted by Gasteiger charge is -2.36. The summed E-state index contributed by atoms with van der Waals surface area (Å²) >= 11 is 0. The molecule has 0 aromatic heterocycles. The summed E-state index contributed by atoms with van der Waals surface area (Å²) in [5.74, 6) is 0.780. The van der Waals surface area contributed by atoms with Gasteiger partial charge in [-0.3, -0.25) is 0 Å². The first-order valence-electron chi connectivity index (χ1n) is 8.82. The SMILES string of the molecule is c1ccc(C2CC(NCCCOC3CCCCC3)C2)cc1. The number of hydrogen-bond donors (Lipinski definition) is 1. The second-order valence-electron chi connectivity index (χ2n) is 6.71. The van der Waals surface area contributed by atoms with Gasteiger partial charge in [0.15, 0.2) is 0 Å². The Morgan fingerprint density at radius 1 is 1.00 bits per heavy atom. The van der Waals surface area contributed by atoms with E-state index in [4.69, 9.17) is 4.74 Å². The topological polar surface area (TPSA) is 21.3 Å². The average Bonchev–Trinajstić information content (AvgIpc) is 2.51. The first kappa shape index (κ1) is 15.1. The highest BCUT2D eigenvalue weighted by atomic mass is 16.5. The average molecular weight is 287 g/mol. The van der Waals surface area contributed by atoms with E-state index in [9.17, 15) is 0 Å². The molecule has 2 heteroatoms. The van der Waals surface area contributed by atoms with E-state index in [-0.39, 0.29) is 0 Å².